The molecule has 0 amide bonds. The highest BCUT2D eigenvalue weighted by atomic mass is 35.5. The number of carbonyl (C=O) groups is 1. The van der Waals surface area contributed by atoms with Crippen molar-refractivity contribution in [1.29, 1.82) is 0 Å². The fraction of sp³-hybridized carbons (Fsp3) is 0.519. The maximum absolute atomic E-state index is 13.5. The highest BCUT2D eigenvalue weighted by Crippen LogP contribution is 2.36. The molecule has 2 aromatic rings. The van der Waals surface area contributed by atoms with Gasteiger partial charge in [-0.15, -0.1) is 12.4 Å². The molecule has 2 fully saturated rings. The predicted octanol–water partition coefficient (Wildman–Crippen LogP) is 5.55. The summed E-state index contributed by atoms with van der Waals surface area (Å²) in [5.41, 5.74) is 1.71. The van der Waals surface area contributed by atoms with Crippen molar-refractivity contribution in [2.24, 2.45) is 0 Å². The van der Waals surface area contributed by atoms with Crippen LogP contribution in [-0.4, -0.2) is 54.9 Å². The Morgan fingerprint density at radius 3 is 2.55 bits per heavy atom. The zero-order chi connectivity index (χ0) is 26.6. The molecule has 1 heterocycles. The van der Waals surface area contributed by atoms with Crippen molar-refractivity contribution < 1.29 is 31.8 Å². The lowest BCUT2D eigenvalue weighted by molar-refractivity contribution is -0.140. The van der Waals surface area contributed by atoms with Crippen LogP contribution in [0.25, 0.3) is 0 Å². The van der Waals surface area contributed by atoms with Gasteiger partial charge in [0.05, 0.1) is 0 Å². The van der Waals surface area contributed by atoms with E-state index in [-0.39, 0.29) is 54.9 Å². The van der Waals surface area contributed by atoms with E-state index in [1.54, 1.807) is 18.2 Å². The summed E-state index contributed by atoms with van der Waals surface area (Å²) in [6, 6.07) is 11.2. The van der Waals surface area contributed by atoms with Crippen molar-refractivity contribution in [1.82, 2.24) is 9.62 Å². The van der Waals surface area contributed by atoms with Crippen LogP contribution in [0, 0.1) is 6.92 Å². The summed E-state index contributed by atoms with van der Waals surface area (Å²) >= 11 is 0. The summed E-state index contributed by atoms with van der Waals surface area (Å²) in [6.45, 7) is 2.66. The molecule has 1 saturated heterocycles. The molecule has 0 spiro atoms. The summed E-state index contributed by atoms with van der Waals surface area (Å²) in [4.78, 5) is 11.6. The Kier molecular flexibility index (Phi) is 10.1. The fourth-order valence-electron chi connectivity index (χ4n) is 5.07. The number of ether oxygens (including phenoxy) is 1. The summed E-state index contributed by atoms with van der Waals surface area (Å²) in [6.07, 6.45) is 2.97. The Hall–Kier alpha value is -2.27. The molecule has 0 unspecified atom stereocenters. The van der Waals surface area contributed by atoms with Gasteiger partial charge in [0.15, 0.2) is 0 Å². The molecule has 0 aromatic heterocycles. The molecule has 210 valence electrons. The van der Waals surface area contributed by atoms with Crippen molar-refractivity contribution in [2.75, 3.05) is 13.1 Å². The molecule has 2 N–H and O–H groups in total. The second-order valence-corrected chi connectivity index (χ2v) is 11.8. The number of rotatable bonds is 10. The van der Waals surface area contributed by atoms with E-state index in [9.17, 15) is 27.1 Å². The van der Waals surface area contributed by atoms with Crippen LogP contribution in [0.1, 0.15) is 56.1 Å². The maximum atomic E-state index is 13.5. The second-order valence-electron chi connectivity index (χ2n) is 9.96. The fourth-order valence-corrected chi connectivity index (χ4v) is 6.81. The van der Waals surface area contributed by atoms with Crippen LogP contribution in [-0.2, 0) is 21.2 Å². The number of sulfonamides is 1. The number of carboxylic acids is 1. The zero-order valence-electron chi connectivity index (χ0n) is 21.4. The lowest BCUT2D eigenvalue weighted by atomic mass is 9.92. The predicted molar refractivity (Wildman–Crippen MR) is 143 cm³/mol. The minimum absolute atomic E-state index is 0. The van der Waals surface area contributed by atoms with E-state index in [2.05, 4.69) is 5.32 Å². The summed E-state index contributed by atoms with van der Waals surface area (Å²) in [7, 11) is -4.09. The number of benzene rings is 2. The minimum Gasteiger partial charge on any atom is -0.480 e. The highest BCUT2D eigenvalue weighted by molar-refractivity contribution is 7.89. The molecule has 0 radical (unpaired) electrons. The van der Waals surface area contributed by atoms with E-state index in [0.29, 0.717) is 38.0 Å². The third kappa shape index (κ3) is 7.22. The van der Waals surface area contributed by atoms with Crippen LogP contribution in [0.2, 0.25) is 0 Å². The average Bonchev–Trinajstić information content (AvgIpc) is 3.35. The monoisotopic (exact) mass is 572 g/mol. The lowest BCUT2D eigenvalue weighted by Gasteiger charge is -2.29. The second kappa shape index (κ2) is 12.7. The first-order chi connectivity index (χ1) is 17.6. The van der Waals surface area contributed by atoms with E-state index >= 15 is 0 Å². The zero-order valence-corrected chi connectivity index (χ0v) is 23.0. The Bertz CT molecular complexity index is 1220. The number of nitrogens with zero attached hydrogens (tertiary/aromatic N) is 1. The van der Waals surface area contributed by atoms with Gasteiger partial charge in [-0.05, 0) is 81.3 Å². The van der Waals surface area contributed by atoms with E-state index in [1.165, 1.54) is 6.07 Å². The molecular weight excluding hydrogens is 538 g/mol. The Morgan fingerprint density at radius 2 is 1.84 bits per heavy atom. The number of carboxylic acid groups (broad SMARTS) is 1. The van der Waals surface area contributed by atoms with Gasteiger partial charge in [0.2, 0.25) is 15.9 Å². The first-order valence-electron chi connectivity index (χ1n) is 12.8. The smallest absolute Gasteiger partial charge is 0.322 e. The topological polar surface area (TPSA) is 95.9 Å². The molecule has 4 rings (SSSR count). The maximum Gasteiger partial charge on any atom is 0.322 e. The van der Waals surface area contributed by atoms with Gasteiger partial charge in [-0.1, -0.05) is 24.3 Å². The van der Waals surface area contributed by atoms with Crippen LogP contribution in [0.15, 0.2) is 47.4 Å². The van der Waals surface area contributed by atoms with Crippen LogP contribution < -0.4 is 10.1 Å². The number of halogens is 3. The van der Waals surface area contributed by atoms with Gasteiger partial charge >= 0.3 is 5.97 Å². The molecule has 7 nitrogen and oxygen atoms in total. The summed E-state index contributed by atoms with van der Waals surface area (Å²) in [5, 5.41) is 12.9. The summed E-state index contributed by atoms with van der Waals surface area (Å²) in [5.74, 6) is -3.01. The van der Waals surface area contributed by atoms with Crippen molar-refractivity contribution in [2.45, 2.75) is 81.2 Å². The Labute approximate surface area is 229 Å². The van der Waals surface area contributed by atoms with Crippen LogP contribution in [0.5, 0.6) is 11.5 Å². The van der Waals surface area contributed by atoms with Gasteiger partial charge in [0.25, 0.3) is 0 Å². The first kappa shape index (κ1) is 30.3. The van der Waals surface area contributed by atoms with Gasteiger partial charge in [-0.3, -0.25) is 4.79 Å². The number of aliphatic carboxylic acids is 1. The van der Waals surface area contributed by atoms with E-state index in [1.807, 2.05) is 25.1 Å². The van der Waals surface area contributed by atoms with Gasteiger partial charge in [0.1, 0.15) is 22.4 Å². The van der Waals surface area contributed by atoms with Gasteiger partial charge in [-0.25, -0.2) is 17.2 Å². The number of hydrogen-bond acceptors (Lipinski definition) is 5. The van der Waals surface area contributed by atoms with Crippen molar-refractivity contribution >= 4 is 28.4 Å². The molecule has 2 aliphatic rings. The third-order valence-corrected chi connectivity index (χ3v) is 9.09. The molecule has 1 aliphatic carbocycles. The average molecular weight is 573 g/mol. The number of para-hydroxylation sites is 1. The molecule has 38 heavy (non-hydrogen) atoms. The number of nitrogens with one attached hydrogen (secondary N) is 1. The van der Waals surface area contributed by atoms with Crippen LogP contribution in [0.4, 0.5) is 8.78 Å². The van der Waals surface area contributed by atoms with Crippen LogP contribution >= 0.6 is 12.4 Å². The molecule has 2 aromatic carbocycles. The minimum atomic E-state index is -4.09. The van der Waals surface area contributed by atoms with E-state index in [4.69, 9.17) is 4.74 Å². The van der Waals surface area contributed by atoms with Crippen molar-refractivity contribution in [3.8, 4) is 11.5 Å². The van der Waals surface area contributed by atoms with Crippen molar-refractivity contribution in [3.05, 3.63) is 53.6 Å². The largest absolute Gasteiger partial charge is 0.480 e. The van der Waals surface area contributed by atoms with Crippen LogP contribution in [0.3, 0.4) is 0 Å². The molecule has 11 heteroatoms. The SMILES string of the molecule is Cc1ccc(S(=O)(=O)N2CCC[C@H]2C(=O)O)c(Oc2ccccc2CCCNC2CCC(F)(F)CC2)c1.Cl. The Morgan fingerprint density at radius 1 is 1.13 bits per heavy atom. The quantitative estimate of drug-likeness (QED) is 0.363. The molecular formula is C27H35ClF2N2O5S. The van der Waals surface area contributed by atoms with E-state index < -0.39 is 28.0 Å². The van der Waals surface area contributed by atoms with Gasteiger partial charge in [-0.2, -0.15) is 4.31 Å². The Balaban J connectivity index is 0.00000400. The standard InChI is InChI=1S/C27H34F2N2O5S.ClH/c1-19-10-11-25(37(34,35)31-17-5-8-22(31)26(32)33)24(18-19)36-23-9-3-2-6-20(23)7-4-16-30-21-12-14-27(28,29)15-13-21;/h2-3,6,9-11,18,21-22,30H,4-5,7-8,12-17H2,1H3,(H,32,33);1H/t22-;/m0./s1. The molecule has 1 atom stereocenters. The molecule has 0 bridgehead atoms. The van der Waals surface area contributed by atoms with Gasteiger partial charge in [0, 0.05) is 25.4 Å². The molecule has 1 aliphatic heterocycles. The lowest BCUT2D eigenvalue weighted by Crippen LogP contribution is -2.40. The number of alkyl halides is 2. The van der Waals surface area contributed by atoms with E-state index in [0.717, 1.165) is 21.9 Å². The normalized spacial score (nSPS) is 20.1. The highest BCUT2D eigenvalue weighted by Gasteiger charge is 2.41. The first-order valence-corrected chi connectivity index (χ1v) is 14.2. The number of aryl methyl sites for hydroxylation is 2. The van der Waals surface area contributed by atoms with Crippen molar-refractivity contribution in [3.63, 3.8) is 0 Å². The van der Waals surface area contributed by atoms with Gasteiger partial charge < -0.3 is 15.2 Å². The third-order valence-electron chi connectivity index (χ3n) is 7.14. The summed E-state index contributed by atoms with van der Waals surface area (Å²) < 4.78 is 60.9. The number of hydrogen-bond donors (Lipinski definition) is 2. The molecule has 1 saturated carbocycles.